The Balaban J connectivity index is 1.49. The number of carbonyl (C=O) groups is 2. The number of amides is 2. The fourth-order valence-electron chi connectivity index (χ4n) is 4.28. The number of benzene rings is 3. The number of nitrogens with zero attached hydrogens (tertiary/aromatic N) is 1. The molecule has 0 spiro atoms. The van der Waals surface area contributed by atoms with Gasteiger partial charge in [-0.3, -0.25) is 4.79 Å². The zero-order chi connectivity index (χ0) is 25.5. The van der Waals surface area contributed by atoms with Crippen molar-refractivity contribution in [1.82, 2.24) is 4.90 Å². The first-order valence-corrected chi connectivity index (χ1v) is 12.5. The molecule has 4 rings (SSSR count). The van der Waals surface area contributed by atoms with Gasteiger partial charge in [0, 0.05) is 16.0 Å². The SMILES string of the molecule is C=CCC(Cc1c(Cl)cc(OCc2ccccc2)cc1Cl)C(=O)N1C(=O)OC[C@H]1Cc1ccccc1. The van der Waals surface area contributed by atoms with E-state index in [9.17, 15) is 9.59 Å². The fraction of sp³-hybridized carbons (Fsp3) is 0.241. The van der Waals surface area contributed by atoms with Crippen LogP contribution in [0.4, 0.5) is 4.79 Å². The number of allylic oxidation sites excluding steroid dienone is 1. The van der Waals surface area contributed by atoms with E-state index in [0.29, 0.717) is 40.8 Å². The number of cyclic esters (lactones) is 1. The van der Waals surface area contributed by atoms with E-state index in [1.165, 1.54) is 4.90 Å². The second-order valence-electron chi connectivity index (χ2n) is 8.69. The van der Waals surface area contributed by atoms with E-state index in [-0.39, 0.29) is 25.0 Å². The predicted octanol–water partition coefficient (Wildman–Crippen LogP) is 6.90. The number of rotatable bonds is 10. The van der Waals surface area contributed by atoms with Gasteiger partial charge in [-0.05, 0) is 48.1 Å². The summed E-state index contributed by atoms with van der Waals surface area (Å²) in [6, 6.07) is 22.5. The molecule has 5 nitrogen and oxygen atoms in total. The third kappa shape index (κ3) is 6.28. The third-order valence-corrected chi connectivity index (χ3v) is 6.80. The van der Waals surface area contributed by atoms with Gasteiger partial charge in [0.2, 0.25) is 5.91 Å². The minimum atomic E-state index is -0.628. The fourth-order valence-corrected chi connectivity index (χ4v) is 4.90. The van der Waals surface area contributed by atoms with Crippen molar-refractivity contribution in [2.75, 3.05) is 6.61 Å². The zero-order valence-electron chi connectivity index (χ0n) is 19.7. The lowest BCUT2D eigenvalue weighted by Gasteiger charge is -2.25. The van der Waals surface area contributed by atoms with Gasteiger partial charge in [-0.2, -0.15) is 0 Å². The molecule has 2 amide bonds. The smallest absolute Gasteiger partial charge is 0.416 e. The van der Waals surface area contributed by atoms with Crippen LogP contribution in [0.1, 0.15) is 23.1 Å². The second-order valence-corrected chi connectivity index (χ2v) is 9.51. The van der Waals surface area contributed by atoms with Crippen LogP contribution < -0.4 is 4.74 Å². The summed E-state index contributed by atoms with van der Waals surface area (Å²) in [5.41, 5.74) is 2.67. The molecule has 1 aliphatic heterocycles. The number of ether oxygens (including phenoxy) is 2. The highest BCUT2D eigenvalue weighted by Crippen LogP contribution is 2.34. The van der Waals surface area contributed by atoms with Crippen LogP contribution in [-0.4, -0.2) is 29.5 Å². The van der Waals surface area contributed by atoms with E-state index < -0.39 is 12.0 Å². The van der Waals surface area contributed by atoms with Gasteiger partial charge in [0.1, 0.15) is 19.0 Å². The molecule has 2 atom stereocenters. The largest absolute Gasteiger partial charge is 0.489 e. The molecule has 1 aliphatic rings. The van der Waals surface area contributed by atoms with Crippen LogP contribution in [0.2, 0.25) is 10.0 Å². The van der Waals surface area contributed by atoms with Crippen LogP contribution >= 0.6 is 23.2 Å². The van der Waals surface area contributed by atoms with Gasteiger partial charge >= 0.3 is 6.09 Å². The van der Waals surface area contributed by atoms with E-state index >= 15 is 0 Å². The van der Waals surface area contributed by atoms with E-state index in [0.717, 1.165) is 11.1 Å². The second kappa shape index (κ2) is 12.1. The van der Waals surface area contributed by atoms with Crippen molar-refractivity contribution in [2.24, 2.45) is 5.92 Å². The molecule has 0 aliphatic carbocycles. The van der Waals surface area contributed by atoms with Crippen molar-refractivity contribution in [3.05, 3.63) is 112 Å². The lowest BCUT2D eigenvalue weighted by Crippen LogP contribution is -2.44. The molecule has 0 N–H and O–H groups in total. The van der Waals surface area contributed by atoms with Crippen molar-refractivity contribution in [3.8, 4) is 5.75 Å². The van der Waals surface area contributed by atoms with Crippen molar-refractivity contribution < 1.29 is 19.1 Å². The highest BCUT2D eigenvalue weighted by molar-refractivity contribution is 6.36. The van der Waals surface area contributed by atoms with Crippen LogP contribution in [0, 0.1) is 5.92 Å². The molecule has 1 fully saturated rings. The third-order valence-electron chi connectivity index (χ3n) is 6.13. The predicted molar refractivity (Wildman–Crippen MR) is 141 cm³/mol. The van der Waals surface area contributed by atoms with Crippen molar-refractivity contribution in [3.63, 3.8) is 0 Å². The summed E-state index contributed by atoms with van der Waals surface area (Å²) in [7, 11) is 0. The number of carbonyl (C=O) groups excluding carboxylic acids is 2. The quantitative estimate of drug-likeness (QED) is 0.271. The Morgan fingerprint density at radius 3 is 2.28 bits per heavy atom. The number of hydrogen-bond acceptors (Lipinski definition) is 4. The van der Waals surface area contributed by atoms with Gasteiger partial charge < -0.3 is 9.47 Å². The van der Waals surface area contributed by atoms with E-state index in [4.69, 9.17) is 32.7 Å². The van der Waals surface area contributed by atoms with E-state index in [2.05, 4.69) is 6.58 Å². The van der Waals surface area contributed by atoms with Gasteiger partial charge in [-0.15, -0.1) is 6.58 Å². The van der Waals surface area contributed by atoms with Crippen molar-refractivity contribution >= 4 is 35.2 Å². The van der Waals surface area contributed by atoms with E-state index in [1.807, 2.05) is 60.7 Å². The van der Waals surface area contributed by atoms with Crippen LogP contribution in [0.15, 0.2) is 85.5 Å². The first kappa shape index (κ1) is 25.8. The molecule has 0 saturated carbocycles. The molecule has 3 aromatic carbocycles. The summed E-state index contributed by atoms with van der Waals surface area (Å²) in [4.78, 5) is 27.3. The molecule has 1 heterocycles. The Bertz CT molecular complexity index is 1190. The number of halogens is 2. The first-order chi connectivity index (χ1) is 17.5. The minimum Gasteiger partial charge on any atom is -0.489 e. The first-order valence-electron chi connectivity index (χ1n) is 11.8. The highest BCUT2D eigenvalue weighted by atomic mass is 35.5. The summed E-state index contributed by atoms with van der Waals surface area (Å²) >= 11 is 13.2. The molecular weight excluding hydrogens is 497 g/mol. The Labute approximate surface area is 221 Å². The molecule has 1 unspecified atom stereocenters. The standard InChI is InChI=1S/C29H27Cl2NO4/c1-2-9-22(28(33)32-23(19-36-29(32)34)14-20-10-5-3-6-11-20)15-25-26(30)16-24(17-27(25)31)35-18-21-12-7-4-8-13-21/h2-8,10-13,16-17,22-23H,1,9,14-15,18-19H2/t22?,23-/m1/s1. The maximum Gasteiger partial charge on any atom is 0.416 e. The van der Waals surface area contributed by atoms with Gasteiger partial charge in [0.15, 0.2) is 0 Å². The normalized spacial score (nSPS) is 15.9. The van der Waals surface area contributed by atoms with Gasteiger partial charge in [0.05, 0.1) is 6.04 Å². The van der Waals surface area contributed by atoms with Crippen molar-refractivity contribution in [1.29, 1.82) is 0 Å². The molecule has 36 heavy (non-hydrogen) atoms. The molecule has 186 valence electrons. The summed E-state index contributed by atoms with van der Waals surface area (Å²) in [5.74, 6) is -0.359. The molecule has 1 saturated heterocycles. The Morgan fingerprint density at radius 2 is 1.67 bits per heavy atom. The molecule has 0 bridgehead atoms. The minimum absolute atomic E-state index is 0.162. The van der Waals surface area contributed by atoms with Gasteiger partial charge in [0.25, 0.3) is 0 Å². The van der Waals surface area contributed by atoms with Crippen LogP contribution in [0.25, 0.3) is 0 Å². The maximum atomic E-state index is 13.6. The molecular formula is C29H27Cl2NO4. The molecule has 3 aromatic rings. The molecule has 0 aromatic heterocycles. The number of imide groups is 1. The van der Waals surface area contributed by atoms with Crippen LogP contribution in [0.3, 0.4) is 0 Å². The maximum absolute atomic E-state index is 13.6. The van der Waals surface area contributed by atoms with E-state index in [1.54, 1.807) is 18.2 Å². The topological polar surface area (TPSA) is 55.8 Å². The zero-order valence-corrected chi connectivity index (χ0v) is 21.3. The summed E-state index contributed by atoms with van der Waals surface area (Å²) < 4.78 is 11.1. The van der Waals surface area contributed by atoms with Crippen molar-refractivity contribution in [2.45, 2.75) is 31.9 Å². The Kier molecular flexibility index (Phi) is 8.68. The number of hydrogen-bond donors (Lipinski definition) is 0. The monoisotopic (exact) mass is 523 g/mol. The van der Waals surface area contributed by atoms with Gasteiger partial charge in [-0.1, -0.05) is 89.9 Å². The Hall–Kier alpha value is -3.28. The van der Waals surface area contributed by atoms with Crippen LogP contribution in [0.5, 0.6) is 5.75 Å². The van der Waals surface area contributed by atoms with Crippen LogP contribution in [-0.2, 0) is 29.0 Å². The Morgan fingerprint density at radius 1 is 1.06 bits per heavy atom. The average Bonchev–Trinajstić information content (AvgIpc) is 3.24. The average molecular weight is 524 g/mol. The highest BCUT2D eigenvalue weighted by Gasteiger charge is 2.40. The summed E-state index contributed by atoms with van der Waals surface area (Å²) in [6.07, 6.45) is 2.17. The molecule has 7 heteroatoms. The summed E-state index contributed by atoms with van der Waals surface area (Å²) in [5, 5.41) is 0.800. The lowest BCUT2D eigenvalue weighted by molar-refractivity contribution is -0.133. The molecule has 0 radical (unpaired) electrons. The lowest BCUT2D eigenvalue weighted by atomic mass is 9.93. The van der Waals surface area contributed by atoms with Gasteiger partial charge in [-0.25, -0.2) is 9.69 Å². The summed E-state index contributed by atoms with van der Waals surface area (Å²) in [6.45, 7) is 4.34.